The Morgan fingerprint density at radius 3 is 2.61 bits per heavy atom. The van der Waals surface area contributed by atoms with Crippen LogP contribution in [0.2, 0.25) is 0 Å². The lowest BCUT2D eigenvalue weighted by molar-refractivity contribution is -0.0707. The van der Waals surface area contributed by atoms with Crippen molar-refractivity contribution in [1.29, 1.82) is 0 Å². The van der Waals surface area contributed by atoms with Gasteiger partial charge < -0.3 is 14.2 Å². The fourth-order valence-electron chi connectivity index (χ4n) is 1.61. The summed E-state index contributed by atoms with van der Waals surface area (Å²) in [5.74, 6) is 0. The third-order valence-electron chi connectivity index (χ3n) is 2.29. The van der Waals surface area contributed by atoms with Crippen LogP contribution >= 0.6 is 0 Å². The van der Waals surface area contributed by atoms with Gasteiger partial charge in [0.2, 0.25) is 6.29 Å². The van der Waals surface area contributed by atoms with Crippen LogP contribution in [0.25, 0.3) is 0 Å². The van der Waals surface area contributed by atoms with E-state index >= 15 is 0 Å². The SMILES string of the molecule is C=CC[C@H]1[C@H](OC)OC(=O)N1C(=O)OC(C)(C)C. The number of hydrogen-bond acceptors (Lipinski definition) is 5. The number of rotatable bonds is 3. The number of ether oxygens (including phenoxy) is 3. The van der Waals surface area contributed by atoms with E-state index in [1.165, 1.54) is 7.11 Å². The largest absolute Gasteiger partial charge is 0.443 e. The second-order valence-corrected chi connectivity index (χ2v) is 4.93. The first-order valence-corrected chi connectivity index (χ1v) is 5.66. The maximum Gasteiger partial charge on any atom is 0.422 e. The average molecular weight is 257 g/mol. The fourth-order valence-corrected chi connectivity index (χ4v) is 1.61. The van der Waals surface area contributed by atoms with E-state index in [9.17, 15) is 9.59 Å². The Labute approximate surface area is 106 Å². The predicted molar refractivity (Wildman–Crippen MR) is 64.0 cm³/mol. The third kappa shape index (κ3) is 3.22. The van der Waals surface area contributed by atoms with Crippen molar-refractivity contribution < 1.29 is 23.8 Å². The van der Waals surface area contributed by atoms with E-state index in [0.717, 1.165) is 4.90 Å². The lowest BCUT2D eigenvalue weighted by Gasteiger charge is -2.25. The van der Waals surface area contributed by atoms with E-state index in [0.29, 0.717) is 6.42 Å². The first-order chi connectivity index (χ1) is 8.30. The molecular weight excluding hydrogens is 238 g/mol. The Morgan fingerprint density at radius 1 is 1.56 bits per heavy atom. The highest BCUT2D eigenvalue weighted by molar-refractivity contribution is 5.90. The van der Waals surface area contributed by atoms with Crippen molar-refractivity contribution in [2.45, 2.75) is 45.1 Å². The molecule has 2 atom stereocenters. The van der Waals surface area contributed by atoms with Gasteiger partial charge in [0, 0.05) is 7.11 Å². The van der Waals surface area contributed by atoms with Crippen LogP contribution in [0.4, 0.5) is 9.59 Å². The quantitative estimate of drug-likeness (QED) is 0.726. The molecule has 0 aromatic heterocycles. The lowest BCUT2D eigenvalue weighted by atomic mass is 10.2. The summed E-state index contributed by atoms with van der Waals surface area (Å²) >= 11 is 0. The van der Waals surface area contributed by atoms with Crippen LogP contribution in [-0.2, 0) is 14.2 Å². The number of carbonyl (C=O) groups excluding carboxylic acids is 2. The van der Waals surface area contributed by atoms with Crippen LogP contribution in [0.1, 0.15) is 27.2 Å². The van der Waals surface area contributed by atoms with E-state index in [4.69, 9.17) is 14.2 Å². The summed E-state index contributed by atoms with van der Waals surface area (Å²) in [6.45, 7) is 8.76. The molecule has 102 valence electrons. The summed E-state index contributed by atoms with van der Waals surface area (Å²) in [4.78, 5) is 24.5. The minimum atomic E-state index is -0.789. The monoisotopic (exact) mass is 257 g/mol. The Morgan fingerprint density at radius 2 is 2.17 bits per heavy atom. The lowest BCUT2D eigenvalue weighted by Crippen LogP contribution is -2.44. The number of amides is 2. The Balaban J connectivity index is 2.86. The standard InChI is InChI=1S/C12H19NO5/c1-6-7-8-9(16-5)17-10(14)13(8)11(15)18-12(2,3)4/h6,8-9H,1,7H2,2-5H3/t8-,9+/m0/s1. The van der Waals surface area contributed by atoms with E-state index in [1.807, 2.05) is 0 Å². The summed E-state index contributed by atoms with van der Waals surface area (Å²) in [7, 11) is 1.41. The Bertz CT molecular complexity index is 347. The van der Waals surface area contributed by atoms with Crippen LogP contribution in [-0.4, -0.2) is 42.1 Å². The normalized spacial score (nSPS) is 23.8. The number of nitrogens with zero attached hydrogens (tertiary/aromatic N) is 1. The molecule has 6 heteroatoms. The van der Waals surface area contributed by atoms with Gasteiger partial charge in [-0.05, 0) is 27.2 Å². The summed E-state index contributed by atoms with van der Waals surface area (Å²) in [6, 6.07) is -0.546. The highest BCUT2D eigenvalue weighted by atomic mass is 16.7. The van der Waals surface area contributed by atoms with Gasteiger partial charge in [0.25, 0.3) is 0 Å². The highest BCUT2D eigenvalue weighted by Crippen LogP contribution is 2.25. The number of carbonyl (C=O) groups is 2. The minimum Gasteiger partial charge on any atom is -0.443 e. The summed E-state index contributed by atoms with van der Waals surface area (Å²) in [5, 5.41) is 0. The van der Waals surface area contributed by atoms with Gasteiger partial charge in [-0.3, -0.25) is 0 Å². The molecule has 0 aromatic carbocycles. The van der Waals surface area contributed by atoms with Gasteiger partial charge in [0.05, 0.1) is 0 Å². The minimum absolute atomic E-state index is 0.378. The first-order valence-electron chi connectivity index (χ1n) is 5.66. The molecule has 0 aliphatic carbocycles. The van der Waals surface area contributed by atoms with Crippen molar-refractivity contribution in [3.8, 4) is 0 Å². The molecule has 2 amide bonds. The Kier molecular flexibility index (Phi) is 4.34. The van der Waals surface area contributed by atoms with E-state index in [2.05, 4.69) is 6.58 Å². The third-order valence-corrected chi connectivity index (χ3v) is 2.29. The second kappa shape index (κ2) is 5.39. The zero-order valence-corrected chi connectivity index (χ0v) is 11.1. The molecule has 1 fully saturated rings. The first kappa shape index (κ1) is 14.5. The van der Waals surface area contributed by atoms with E-state index in [-0.39, 0.29) is 0 Å². The summed E-state index contributed by atoms with van der Waals surface area (Å²) < 4.78 is 15.1. The Hall–Kier alpha value is -1.56. The molecule has 0 radical (unpaired) electrons. The van der Waals surface area contributed by atoms with Crippen molar-refractivity contribution >= 4 is 12.2 Å². The molecule has 6 nitrogen and oxygen atoms in total. The molecule has 1 saturated heterocycles. The topological polar surface area (TPSA) is 65.1 Å². The maximum atomic E-state index is 11.9. The molecular formula is C12H19NO5. The van der Waals surface area contributed by atoms with Gasteiger partial charge in [-0.1, -0.05) is 6.08 Å². The van der Waals surface area contributed by atoms with Gasteiger partial charge in [-0.25, -0.2) is 14.5 Å². The molecule has 1 rings (SSSR count). The molecule has 1 aliphatic heterocycles. The number of methoxy groups -OCH3 is 1. The average Bonchev–Trinajstić information content (AvgIpc) is 2.53. The molecule has 0 N–H and O–H groups in total. The molecule has 0 spiro atoms. The van der Waals surface area contributed by atoms with Gasteiger partial charge >= 0.3 is 12.2 Å². The molecule has 0 saturated carbocycles. The molecule has 18 heavy (non-hydrogen) atoms. The number of cyclic esters (lactones) is 1. The van der Waals surface area contributed by atoms with Crippen LogP contribution in [0, 0.1) is 0 Å². The van der Waals surface area contributed by atoms with Gasteiger partial charge in [0.15, 0.2) is 0 Å². The van der Waals surface area contributed by atoms with Crippen molar-refractivity contribution in [3.63, 3.8) is 0 Å². The maximum absolute atomic E-state index is 11.9. The van der Waals surface area contributed by atoms with Crippen LogP contribution in [0.5, 0.6) is 0 Å². The molecule has 1 aliphatic rings. The van der Waals surface area contributed by atoms with Crippen molar-refractivity contribution in [1.82, 2.24) is 4.90 Å². The summed E-state index contributed by atoms with van der Waals surface area (Å²) in [6.07, 6.45) is -0.315. The van der Waals surface area contributed by atoms with Gasteiger partial charge in [-0.2, -0.15) is 0 Å². The molecule has 0 bridgehead atoms. The number of hydrogen-bond donors (Lipinski definition) is 0. The van der Waals surface area contributed by atoms with Gasteiger partial charge in [0.1, 0.15) is 11.6 Å². The highest BCUT2D eigenvalue weighted by Gasteiger charge is 2.46. The smallest absolute Gasteiger partial charge is 0.422 e. The van der Waals surface area contributed by atoms with Crippen LogP contribution < -0.4 is 0 Å². The zero-order valence-electron chi connectivity index (χ0n) is 11.1. The zero-order chi connectivity index (χ0) is 13.9. The van der Waals surface area contributed by atoms with Gasteiger partial charge in [-0.15, -0.1) is 6.58 Å². The van der Waals surface area contributed by atoms with E-state index in [1.54, 1.807) is 26.8 Å². The van der Waals surface area contributed by atoms with Crippen molar-refractivity contribution in [2.75, 3.05) is 7.11 Å². The van der Waals surface area contributed by atoms with E-state index < -0.39 is 30.1 Å². The summed E-state index contributed by atoms with van der Waals surface area (Å²) in [5.41, 5.74) is -0.679. The fraction of sp³-hybridized carbons (Fsp3) is 0.667. The molecule has 1 heterocycles. The van der Waals surface area contributed by atoms with Crippen LogP contribution in [0.3, 0.4) is 0 Å². The van der Waals surface area contributed by atoms with Crippen LogP contribution in [0.15, 0.2) is 12.7 Å². The predicted octanol–water partition coefficient (Wildman–Crippen LogP) is 2.29. The van der Waals surface area contributed by atoms with Crippen molar-refractivity contribution in [3.05, 3.63) is 12.7 Å². The molecule has 0 aromatic rings. The number of imide groups is 1. The van der Waals surface area contributed by atoms with Crippen molar-refractivity contribution in [2.24, 2.45) is 0 Å². The molecule has 0 unspecified atom stereocenters. The second-order valence-electron chi connectivity index (χ2n) is 4.93.